The molecule has 21 heavy (non-hydrogen) atoms. The molecule has 1 aromatic carbocycles. The second-order valence-corrected chi connectivity index (χ2v) is 7.17. The molecule has 1 aliphatic carbocycles. The van der Waals surface area contributed by atoms with Gasteiger partial charge in [0.25, 0.3) is 5.91 Å². The average molecular weight is 300 g/mol. The van der Waals surface area contributed by atoms with E-state index in [9.17, 15) is 4.79 Å². The van der Waals surface area contributed by atoms with Gasteiger partial charge in [0, 0.05) is 18.0 Å². The molecule has 1 heterocycles. The fourth-order valence-electron chi connectivity index (χ4n) is 3.02. The fourth-order valence-corrected chi connectivity index (χ4v) is 4.15. The van der Waals surface area contributed by atoms with Gasteiger partial charge in [-0.2, -0.15) is 0 Å². The van der Waals surface area contributed by atoms with Crippen molar-refractivity contribution >= 4 is 17.2 Å². The second kappa shape index (κ2) is 5.28. The van der Waals surface area contributed by atoms with E-state index in [0.717, 1.165) is 11.3 Å². The lowest BCUT2D eigenvalue weighted by Gasteiger charge is -2.32. The largest absolute Gasteiger partial charge is 0.350 e. The van der Waals surface area contributed by atoms with Gasteiger partial charge in [-0.05, 0) is 34.6 Å². The van der Waals surface area contributed by atoms with Gasteiger partial charge in [0.15, 0.2) is 0 Å². The van der Waals surface area contributed by atoms with Crippen molar-refractivity contribution in [1.29, 1.82) is 0 Å². The first-order valence-corrected chi connectivity index (χ1v) is 8.05. The summed E-state index contributed by atoms with van der Waals surface area (Å²) < 4.78 is 0. The number of hydrogen-bond donors (Lipinski definition) is 2. The standard InChI is InChI=1S/C17H20N2OS/c1-17(2)10-11-9-14(16(20)19-8-7-18)21-15(11)12-5-3-4-6-13(12)17/h3-6,9H,7-8,10,18H2,1-2H3,(H,19,20). The molecule has 4 heteroatoms. The molecule has 2 aromatic rings. The molecule has 1 aliphatic rings. The first-order valence-electron chi connectivity index (χ1n) is 7.24. The van der Waals surface area contributed by atoms with Gasteiger partial charge in [-0.1, -0.05) is 38.1 Å². The van der Waals surface area contributed by atoms with Gasteiger partial charge in [0.1, 0.15) is 0 Å². The molecule has 1 amide bonds. The lowest BCUT2D eigenvalue weighted by Crippen LogP contribution is -2.28. The molecule has 110 valence electrons. The van der Waals surface area contributed by atoms with E-state index in [1.807, 2.05) is 6.07 Å². The molecule has 0 saturated carbocycles. The second-order valence-electron chi connectivity index (χ2n) is 6.12. The molecule has 0 saturated heterocycles. The van der Waals surface area contributed by atoms with Crippen molar-refractivity contribution in [1.82, 2.24) is 5.32 Å². The zero-order valence-corrected chi connectivity index (χ0v) is 13.2. The van der Waals surface area contributed by atoms with E-state index in [-0.39, 0.29) is 11.3 Å². The van der Waals surface area contributed by atoms with Gasteiger partial charge in [-0.3, -0.25) is 4.79 Å². The Balaban J connectivity index is 2.03. The van der Waals surface area contributed by atoms with Crippen LogP contribution >= 0.6 is 11.3 Å². The molecule has 0 bridgehead atoms. The summed E-state index contributed by atoms with van der Waals surface area (Å²) in [7, 11) is 0. The Morgan fingerprint density at radius 3 is 2.90 bits per heavy atom. The highest BCUT2D eigenvalue weighted by molar-refractivity contribution is 7.17. The van der Waals surface area contributed by atoms with Crippen LogP contribution in [0.15, 0.2) is 30.3 Å². The number of carbonyl (C=O) groups is 1. The number of hydrogen-bond acceptors (Lipinski definition) is 3. The maximum atomic E-state index is 12.1. The molecule has 0 radical (unpaired) electrons. The van der Waals surface area contributed by atoms with Crippen molar-refractivity contribution < 1.29 is 4.79 Å². The van der Waals surface area contributed by atoms with Crippen molar-refractivity contribution in [2.75, 3.05) is 13.1 Å². The number of benzene rings is 1. The smallest absolute Gasteiger partial charge is 0.261 e. The quantitative estimate of drug-likeness (QED) is 0.915. The van der Waals surface area contributed by atoms with Crippen LogP contribution in [0.25, 0.3) is 10.4 Å². The molecular weight excluding hydrogens is 280 g/mol. The van der Waals surface area contributed by atoms with Crippen molar-refractivity contribution in [2.45, 2.75) is 25.7 Å². The number of fused-ring (bicyclic) bond motifs is 3. The van der Waals surface area contributed by atoms with E-state index in [2.05, 4.69) is 43.4 Å². The Kier molecular flexibility index (Phi) is 3.59. The van der Waals surface area contributed by atoms with Gasteiger partial charge in [-0.15, -0.1) is 11.3 Å². The first kappa shape index (κ1) is 14.3. The van der Waals surface area contributed by atoms with Crippen molar-refractivity contribution in [3.8, 4) is 10.4 Å². The number of thiophene rings is 1. The summed E-state index contributed by atoms with van der Waals surface area (Å²) in [5.74, 6) is -0.0184. The summed E-state index contributed by atoms with van der Waals surface area (Å²) in [6, 6.07) is 10.6. The molecule has 1 aromatic heterocycles. The Morgan fingerprint density at radius 1 is 1.38 bits per heavy atom. The van der Waals surface area contributed by atoms with E-state index in [1.54, 1.807) is 11.3 Å². The van der Waals surface area contributed by atoms with Crippen LogP contribution in [-0.4, -0.2) is 19.0 Å². The zero-order chi connectivity index (χ0) is 15.0. The molecule has 3 N–H and O–H groups in total. The lowest BCUT2D eigenvalue weighted by atomic mass is 9.73. The molecule has 0 aliphatic heterocycles. The Labute approximate surface area is 129 Å². The van der Waals surface area contributed by atoms with Crippen molar-refractivity contribution in [2.24, 2.45) is 5.73 Å². The lowest BCUT2D eigenvalue weighted by molar-refractivity contribution is 0.0958. The average Bonchev–Trinajstić information content (AvgIpc) is 2.88. The maximum Gasteiger partial charge on any atom is 0.261 e. The van der Waals surface area contributed by atoms with Crippen molar-refractivity contribution in [3.05, 3.63) is 46.3 Å². The van der Waals surface area contributed by atoms with E-state index in [0.29, 0.717) is 13.1 Å². The summed E-state index contributed by atoms with van der Waals surface area (Å²) >= 11 is 1.58. The maximum absolute atomic E-state index is 12.1. The highest BCUT2D eigenvalue weighted by Gasteiger charge is 2.32. The van der Waals surface area contributed by atoms with Gasteiger partial charge in [-0.25, -0.2) is 0 Å². The van der Waals surface area contributed by atoms with E-state index < -0.39 is 0 Å². The topological polar surface area (TPSA) is 55.1 Å². The van der Waals surface area contributed by atoms with Crippen LogP contribution in [0.3, 0.4) is 0 Å². The van der Waals surface area contributed by atoms with Crippen LogP contribution in [0.2, 0.25) is 0 Å². The Bertz CT molecular complexity index is 688. The monoisotopic (exact) mass is 300 g/mol. The first-order chi connectivity index (χ1) is 10.0. The number of amides is 1. The SMILES string of the molecule is CC1(C)Cc2cc(C(=O)NCCN)sc2-c2ccccc21. The number of carbonyl (C=O) groups excluding carboxylic acids is 1. The third-order valence-corrected chi connectivity index (χ3v) is 5.21. The van der Waals surface area contributed by atoms with Gasteiger partial charge >= 0.3 is 0 Å². The molecule has 3 nitrogen and oxygen atoms in total. The summed E-state index contributed by atoms with van der Waals surface area (Å²) in [5, 5.41) is 2.85. The summed E-state index contributed by atoms with van der Waals surface area (Å²) in [5.41, 5.74) is 9.46. The predicted octanol–water partition coefficient (Wildman–Crippen LogP) is 2.94. The van der Waals surface area contributed by atoms with Crippen LogP contribution < -0.4 is 11.1 Å². The van der Waals surface area contributed by atoms with Crippen LogP contribution in [0, 0.1) is 0 Å². The molecule has 0 spiro atoms. The highest BCUT2D eigenvalue weighted by Crippen LogP contribution is 2.46. The highest BCUT2D eigenvalue weighted by atomic mass is 32.1. The van der Waals surface area contributed by atoms with Crippen LogP contribution in [0.1, 0.15) is 34.6 Å². The summed E-state index contributed by atoms with van der Waals surface area (Å²) in [6.45, 7) is 5.51. The van der Waals surface area contributed by atoms with Gasteiger partial charge in [0.2, 0.25) is 0 Å². The van der Waals surface area contributed by atoms with Crippen molar-refractivity contribution in [3.63, 3.8) is 0 Å². The Morgan fingerprint density at radius 2 is 2.14 bits per heavy atom. The third-order valence-electron chi connectivity index (χ3n) is 4.00. The zero-order valence-electron chi connectivity index (χ0n) is 12.4. The normalized spacial score (nSPS) is 15.2. The number of rotatable bonds is 3. The Hall–Kier alpha value is -1.65. The minimum atomic E-state index is -0.0184. The third kappa shape index (κ3) is 2.49. The molecule has 3 rings (SSSR count). The summed E-state index contributed by atoms with van der Waals surface area (Å²) in [4.78, 5) is 14.2. The summed E-state index contributed by atoms with van der Waals surface area (Å²) in [6.07, 6.45) is 0.972. The van der Waals surface area contributed by atoms with E-state index in [4.69, 9.17) is 5.73 Å². The van der Waals surface area contributed by atoms with Gasteiger partial charge < -0.3 is 11.1 Å². The van der Waals surface area contributed by atoms with E-state index in [1.165, 1.54) is 21.6 Å². The van der Waals surface area contributed by atoms with Crippen LogP contribution in [0.5, 0.6) is 0 Å². The van der Waals surface area contributed by atoms with E-state index >= 15 is 0 Å². The minimum Gasteiger partial charge on any atom is -0.350 e. The van der Waals surface area contributed by atoms with Crippen LogP contribution in [0.4, 0.5) is 0 Å². The number of nitrogens with one attached hydrogen (secondary N) is 1. The van der Waals surface area contributed by atoms with Gasteiger partial charge in [0.05, 0.1) is 4.88 Å². The fraction of sp³-hybridized carbons (Fsp3) is 0.353. The molecule has 0 fully saturated rings. The predicted molar refractivity (Wildman–Crippen MR) is 87.9 cm³/mol. The molecular formula is C17H20N2OS. The van der Waals surface area contributed by atoms with Crippen LogP contribution in [-0.2, 0) is 11.8 Å². The molecule has 0 unspecified atom stereocenters. The number of nitrogens with two attached hydrogens (primary N) is 1. The molecule has 0 atom stereocenters. The minimum absolute atomic E-state index is 0.0184.